The highest BCUT2D eigenvalue weighted by Gasteiger charge is 2.28. The van der Waals surface area contributed by atoms with Crippen LogP contribution in [0.3, 0.4) is 0 Å². The van der Waals surface area contributed by atoms with Crippen LogP contribution >= 0.6 is 0 Å². The van der Waals surface area contributed by atoms with Gasteiger partial charge in [-0.25, -0.2) is 14.8 Å². The van der Waals surface area contributed by atoms with Crippen LogP contribution in [0.25, 0.3) is 22.5 Å². The summed E-state index contributed by atoms with van der Waals surface area (Å²) in [4.78, 5) is 35.6. The average Bonchev–Trinajstić information content (AvgIpc) is 3.38. The summed E-state index contributed by atoms with van der Waals surface area (Å²) in [6.07, 6.45) is 2.78. The SMILES string of the molecule is CC(C)(N)C=O.CNC(=O)Nc1ccc(-c2nc(N3CCOCC3)c3onc(C4CCN(C)CC4)c3n2)cc1. The molecule has 0 radical (unpaired) electrons. The number of fused-ring (bicyclic) bond motifs is 1. The Hall–Kier alpha value is -3.61. The lowest BCUT2D eigenvalue weighted by molar-refractivity contribution is -0.111. The van der Waals surface area contributed by atoms with Crippen molar-refractivity contribution in [1.82, 2.24) is 25.3 Å². The number of hydrogen-bond acceptors (Lipinski definition) is 10. The highest BCUT2D eigenvalue weighted by molar-refractivity contribution is 5.90. The topological polar surface area (TPSA) is 152 Å². The van der Waals surface area contributed by atoms with Gasteiger partial charge < -0.3 is 40.2 Å². The van der Waals surface area contributed by atoms with E-state index in [1.165, 1.54) is 0 Å². The van der Waals surface area contributed by atoms with Crippen LogP contribution in [-0.4, -0.2) is 91.4 Å². The smallest absolute Gasteiger partial charge is 0.318 e. The molecule has 210 valence electrons. The van der Waals surface area contributed by atoms with Crippen molar-refractivity contribution in [3.63, 3.8) is 0 Å². The van der Waals surface area contributed by atoms with Crippen LogP contribution in [0.5, 0.6) is 0 Å². The zero-order valence-electron chi connectivity index (χ0n) is 23.1. The standard InChI is InChI=1S/C23H29N7O3.C4H9NO/c1-24-23(31)25-17-5-3-16(4-6-17)21-26-19-18(15-7-9-29(2)10-8-15)28-33-20(19)22(27-21)30-11-13-32-14-12-30;1-4(2,5)3-6/h3-6,15H,7-14H2,1-2H3,(H2,24,25,31);3H,5H2,1-2H3. The van der Waals surface area contributed by atoms with Crippen LogP contribution in [0.15, 0.2) is 28.8 Å². The first-order valence-corrected chi connectivity index (χ1v) is 13.2. The molecule has 5 rings (SSSR count). The number of amides is 2. The van der Waals surface area contributed by atoms with Gasteiger partial charge in [0.15, 0.2) is 11.6 Å². The van der Waals surface area contributed by atoms with Crippen molar-refractivity contribution in [1.29, 1.82) is 0 Å². The van der Waals surface area contributed by atoms with Gasteiger partial charge in [-0.2, -0.15) is 0 Å². The molecule has 0 atom stereocenters. The van der Waals surface area contributed by atoms with Gasteiger partial charge in [-0.15, -0.1) is 0 Å². The van der Waals surface area contributed by atoms with Gasteiger partial charge in [-0.1, -0.05) is 5.16 Å². The van der Waals surface area contributed by atoms with Crippen LogP contribution in [0, 0.1) is 0 Å². The maximum absolute atomic E-state index is 11.6. The van der Waals surface area contributed by atoms with E-state index in [2.05, 4.69) is 32.6 Å². The number of likely N-dealkylation sites (tertiary alicyclic amines) is 1. The van der Waals surface area contributed by atoms with Crippen LogP contribution in [-0.2, 0) is 9.53 Å². The Bertz CT molecular complexity index is 1260. The largest absolute Gasteiger partial charge is 0.378 e. The molecule has 4 heterocycles. The molecule has 0 saturated carbocycles. The number of rotatable bonds is 5. The number of aldehydes is 1. The third-order valence-electron chi connectivity index (χ3n) is 6.67. The normalized spacial score (nSPS) is 16.9. The minimum atomic E-state index is -0.639. The molecule has 0 spiro atoms. The lowest BCUT2D eigenvalue weighted by Gasteiger charge is -2.28. The fraction of sp³-hybridized carbons (Fsp3) is 0.519. The molecule has 0 bridgehead atoms. The monoisotopic (exact) mass is 538 g/mol. The van der Waals surface area contributed by atoms with E-state index in [-0.39, 0.29) is 6.03 Å². The number of benzene rings is 1. The summed E-state index contributed by atoms with van der Waals surface area (Å²) in [7, 11) is 3.73. The van der Waals surface area contributed by atoms with Gasteiger partial charge in [0.1, 0.15) is 17.5 Å². The molecule has 2 fully saturated rings. The van der Waals surface area contributed by atoms with Gasteiger partial charge in [0.25, 0.3) is 0 Å². The number of urea groups is 1. The number of nitrogens with two attached hydrogens (primary N) is 1. The van der Waals surface area contributed by atoms with E-state index in [1.54, 1.807) is 20.9 Å². The third-order valence-corrected chi connectivity index (χ3v) is 6.67. The number of ether oxygens (including phenoxy) is 1. The number of carbonyl (C=O) groups is 2. The van der Waals surface area contributed by atoms with Crippen molar-refractivity contribution in [2.45, 2.75) is 38.1 Å². The zero-order chi connectivity index (χ0) is 28.0. The maximum atomic E-state index is 11.6. The number of hydrogen-bond donors (Lipinski definition) is 3. The van der Waals surface area contributed by atoms with Crippen LogP contribution < -0.4 is 21.3 Å². The second kappa shape index (κ2) is 12.5. The Morgan fingerprint density at radius 3 is 2.33 bits per heavy atom. The van der Waals surface area contributed by atoms with E-state index in [0.717, 1.165) is 61.6 Å². The molecule has 12 nitrogen and oxygen atoms in total. The predicted molar refractivity (Wildman–Crippen MR) is 150 cm³/mol. The fourth-order valence-corrected chi connectivity index (χ4v) is 4.40. The first-order valence-electron chi connectivity index (χ1n) is 13.2. The number of piperidine rings is 1. The van der Waals surface area contributed by atoms with E-state index < -0.39 is 5.54 Å². The molecular weight excluding hydrogens is 500 g/mol. The summed E-state index contributed by atoms with van der Waals surface area (Å²) in [6.45, 7) is 8.16. The number of carbonyl (C=O) groups excluding carboxylic acids is 2. The van der Waals surface area contributed by atoms with Crippen LogP contribution in [0.1, 0.15) is 38.3 Å². The van der Waals surface area contributed by atoms with Gasteiger partial charge in [0, 0.05) is 37.3 Å². The molecule has 2 aromatic heterocycles. The summed E-state index contributed by atoms with van der Waals surface area (Å²) in [6, 6.07) is 7.26. The number of anilines is 2. The van der Waals surface area contributed by atoms with Crippen molar-refractivity contribution in [3.8, 4) is 11.4 Å². The summed E-state index contributed by atoms with van der Waals surface area (Å²) >= 11 is 0. The van der Waals surface area contributed by atoms with Gasteiger partial charge in [-0.05, 0) is 71.1 Å². The molecule has 3 aromatic rings. The van der Waals surface area contributed by atoms with E-state index in [1.807, 2.05) is 24.3 Å². The molecule has 2 amide bonds. The Balaban J connectivity index is 0.000000531. The molecule has 1 aromatic carbocycles. The van der Waals surface area contributed by atoms with E-state index in [0.29, 0.717) is 42.5 Å². The summed E-state index contributed by atoms with van der Waals surface area (Å²) in [5.74, 6) is 1.70. The Morgan fingerprint density at radius 2 is 1.74 bits per heavy atom. The van der Waals surface area contributed by atoms with E-state index in [9.17, 15) is 9.59 Å². The molecule has 39 heavy (non-hydrogen) atoms. The van der Waals surface area contributed by atoms with Crippen molar-refractivity contribution in [3.05, 3.63) is 30.0 Å². The first kappa shape index (κ1) is 28.4. The highest BCUT2D eigenvalue weighted by atomic mass is 16.5. The third kappa shape index (κ3) is 7.28. The minimum absolute atomic E-state index is 0.262. The minimum Gasteiger partial charge on any atom is -0.378 e. The number of nitrogens with one attached hydrogen (secondary N) is 2. The van der Waals surface area contributed by atoms with Crippen molar-refractivity contribution >= 4 is 34.9 Å². The molecule has 0 unspecified atom stereocenters. The van der Waals surface area contributed by atoms with Crippen LogP contribution in [0.4, 0.5) is 16.3 Å². The number of morpholine rings is 1. The van der Waals surface area contributed by atoms with Gasteiger partial charge in [0.2, 0.25) is 5.58 Å². The molecule has 2 saturated heterocycles. The fourth-order valence-electron chi connectivity index (χ4n) is 4.40. The first-order chi connectivity index (χ1) is 18.7. The lowest BCUT2D eigenvalue weighted by atomic mass is 9.93. The summed E-state index contributed by atoms with van der Waals surface area (Å²) in [5.41, 5.74) is 8.46. The summed E-state index contributed by atoms with van der Waals surface area (Å²) in [5, 5.41) is 9.80. The molecule has 2 aliphatic heterocycles. The number of aromatic nitrogens is 3. The van der Waals surface area contributed by atoms with Gasteiger partial charge >= 0.3 is 6.03 Å². The lowest BCUT2D eigenvalue weighted by Crippen LogP contribution is -2.37. The zero-order valence-corrected chi connectivity index (χ0v) is 23.1. The summed E-state index contributed by atoms with van der Waals surface area (Å²) < 4.78 is 11.4. The number of nitrogens with zero attached hydrogens (tertiary/aromatic N) is 5. The van der Waals surface area contributed by atoms with Crippen molar-refractivity contribution in [2.24, 2.45) is 5.73 Å². The second-order valence-corrected chi connectivity index (χ2v) is 10.5. The molecule has 4 N–H and O–H groups in total. The molecule has 2 aliphatic rings. The molecular formula is C27H38N8O4. The van der Waals surface area contributed by atoms with Gasteiger partial charge in [-0.3, -0.25) is 0 Å². The highest BCUT2D eigenvalue weighted by Crippen LogP contribution is 2.36. The predicted octanol–water partition coefficient (Wildman–Crippen LogP) is 2.60. The average molecular weight is 539 g/mol. The van der Waals surface area contributed by atoms with E-state index in [4.69, 9.17) is 25.0 Å². The van der Waals surface area contributed by atoms with Gasteiger partial charge in [0.05, 0.1) is 18.8 Å². The quantitative estimate of drug-likeness (QED) is 0.413. The Morgan fingerprint density at radius 1 is 1.10 bits per heavy atom. The maximum Gasteiger partial charge on any atom is 0.318 e. The van der Waals surface area contributed by atoms with Crippen molar-refractivity contribution in [2.75, 3.05) is 63.7 Å². The molecule has 0 aliphatic carbocycles. The van der Waals surface area contributed by atoms with E-state index >= 15 is 0 Å². The van der Waals surface area contributed by atoms with Crippen molar-refractivity contribution < 1.29 is 18.8 Å². The molecule has 12 heteroatoms. The Kier molecular flexibility index (Phi) is 9.10. The second-order valence-electron chi connectivity index (χ2n) is 10.5. The van der Waals surface area contributed by atoms with Crippen LogP contribution in [0.2, 0.25) is 0 Å². The Labute approximate surface area is 228 Å².